The first kappa shape index (κ1) is 27.0. The Morgan fingerprint density at radius 3 is 1.09 bits per heavy atom. The Morgan fingerprint density at radius 1 is 0.277 bits per heavy atom. The number of nitrogens with zero attached hydrogens (tertiary/aromatic N) is 3. The summed E-state index contributed by atoms with van der Waals surface area (Å²) in [5.41, 5.74) is 10.2. The molecule has 1 aliphatic heterocycles. The molecule has 0 aliphatic carbocycles. The quantitative estimate of drug-likeness (QED) is 0.182. The molecule has 1 aliphatic rings. The van der Waals surface area contributed by atoms with Gasteiger partial charge in [0.05, 0.1) is 22.7 Å². The minimum Gasteiger partial charge on any atom is -0.311 e. The van der Waals surface area contributed by atoms with Gasteiger partial charge in [-0.25, -0.2) is 0 Å². The lowest BCUT2D eigenvalue weighted by molar-refractivity contribution is 1.18. The molecule has 0 bridgehead atoms. The van der Waals surface area contributed by atoms with Gasteiger partial charge in [-0.3, -0.25) is 0 Å². The SMILES string of the molecule is c1ccc(N(c2ccccc2)c2ccc(N3c4ccccc4N(c4ccccc4)c4c3c3ccccc3c3ccccc43)cc2)cc1. The van der Waals surface area contributed by atoms with Gasteiger partial charge in [-0.1, -0.05) is 115 Å². The van der Waals surface area contributed by atoms with Gasteiger partial charge >= 0.3 is 0 Å². The van der Waals surface area contributed by atoms with E-state index in [1.807, 2.05) is 0 Å². The average molecular weight is 602 g/mol. The molecule has 0 atom stereocenters. The lowest BCUT2D eigenvalue weighted by atomic mass is 9.93. The Balaban J connectivity index is 1.30. The maximum atomic E-state index is 2.46. The summed E-state index contributed by atoms with van der Waals surface area (Å²) in [6.07, 6.45) is 0. The molecule has 3 nitrogen and oxygen atoms in total. The molecule has 0 saturated carbocycles. The standard InChI is InChI=1S/C44H31N3/c1-4-16-32(17-5-1)45(33-18-6-2-7-19-33)35-28-30-36(31-29-35)47-42-27-15-14-26-41(42)46(34-20-8-3-9-21-34)43-39-24-12-10-22-37(39)38-23-11-13-25-40(38)44(43)47/h1-31H. The summed E-state index contributed by atoms with van der Waals surface area (Å²) in [6, 6.07) is 67.3. The van der Waals surface area contributed by atoms with E-state index < -0.39 is 0 Å². The van der Waals surface area contributed by atoms with Crippen LogP contribution in [0.1, 0.15) is 0 Å². The van der Waals surface area contributed by atoms with E-state index in [0.29, 0.717) is 0 Å². The Hall–Kier alpha value is -6.32. The zero-order valence-electron chi connectivity index (χ0n) is 25.7. The van der Waals surface area contributed by atoms with E-state index in [-0.39, 0.29) is 0 Å². The summed E-state index contributed by atoms with van der Waals surface area (Å²) >= 11 is 0. The van der Waals surface area contributed by atoms with Gasteiger partial charge in [-0.15, -0.1) is 0 Å². The Bertz CT molecular complexity index is 2310. The van der Waals surface area contributed by atoms with E-state index in [1.165, 1.54) is 32.9 Å². The molecule has 0 spiro atoms. The number of para-hydroxylation sites is 5. The highest BCUT2D eigenvalue weighted by atomic mass is 15.3. The number of fused-ring (bicyclic) bond motifs is 7. The van der Waals surface area contributed by atoms with Crippen LogP contribution in [-0.2, 0) is 0 Å². The molecular weight excluding hydrogens is 571 g/mol. The van der Waals surface area contributed by atoms with Crippen LogP contribution >= 0.6 is 0 Å². The summed E-state index contributed by atoms with van der Waals surface area (Å²) < 4.78 is 0. The number of hydrogen-bond acceptors (Lipinski definition) is 3. The van der Waals surface area contributed by atoms with E-state index in [4.69, 9.17) is 0 Å². The minimum absolute atomic E-state index is 1.10. The summed E-state index contributed by atoms with van der Waals surface area (Å²) in [6.45, 7) is 0. The van der Waals surface area contributed by atoms with Crippen molar-refractivity contribution in [1.29, 1.82) is 0 Å². The van der Waals surface area contributed by atoms with Crippen molar-refractivity contribution in [2.45, 2.75) is 0 Å². The summed E-state index contributed by atoms with van der Waals surface area (Å²) in [7, 11) is 0. The van der Waals surface area contributed by atoms with Gasteiger partial charge in [0.25, 0.3) is 0 Å². The van der Waals surface area contributed by atoms with Crippen LogP contribution in [0.2, 0.25) is 0 Å². The largest absolute Gasteiger partial charge is 0.311 e. The molecule has 0 unspecified atom stereocenters. The second kappa shape index (κ2) is 11.2. The molecule has 1 heterocycles. The summed E-state index contributed by atoms with van der Waals surface area (Å²) in [5, 5.41) is 4.94. The molecule has 0 amide bonds. The van der Waals surface area contributed by atoms with Crippen LogP contribution in [0.15, 0.2) is 188 Å². The van der Waals surface area contributed by atoms with Crippen LogP contribution in [0.25, 0.3) is 21.5 Å². The number of anilines is 9. The molecule has 222 valence electrons. The van der Waals surface area contributed by atoms with Crippen molar-refractivity contribution in [3.63, 3.8) is 0 Å². The number of benzene rings is 8. The first-order valence-corrected chi connectivity index (χ1v) is 16.0. The molecule has 9 rings (SSSR count). The Labute approximate surface area is 274 Å². The van der Waals surface area contributed by atoms with Crippen LogP contribution in [0.3, 0.4) is 0 Å². The fourth-order valence-electron chi connectivity index (χ4n) is 7.11. The molecule has 0 saturated heterocycles. The minimum atomic E-state index is 1.10. The van der Waals surface area contributed by atoms with Crippen molar-refractivity contribution >= 4 is 72.7 Å². The first-order chi connectivity index (χ1) is 23.4. The summed E-state index contributed by atoms with van der Waals surface area (Å²) in [5.74, 6) is 0. The molecule has 0 fully saturated rings. The third-order valence-electron chi connectivity index (χ3n) is 9.10. The van der Waals surface area contributed by atoms with Gasteiger partial charge in [0.15, 0.2) is 0 Å². The maximum Gasteiger partial charge on any atom is 0.0788 e. The van der Waals surface area contributed by atoms with Gasteiger partial charge in [0.2, 0.25) is 0 Å². The number of rotatable bonds is 5. The van der Waals surface area contributed by atoms with Gasteiger partial charge in [-0.2, -0.15) is 0 Å². The predicted octanol–water partition coefficient (Wildman–Crippen LogP) is 12.7. The third-order valence-corrected chi connectivity index (χ3v) is 9.10. The van der Waals surface area contributed by atoms with Crippen LogP contribution in [0, 0.1) is 0 Å². The van der Waals surface area contributed by atoms with Gasteiger partial charge in [-0.05, 0) is 83.6 Å². The molecule has 3 heteroatoms. The molecular formula is C44H31N3. The van der Waals surface area contributed by atoms with Gasteiger partial charge in [0, 0.05) is 39.2 Å². The topological polar surface area (TPSA) is 9.72 Å². The monoisotopic (exact) mass is 601 g/mol. The fraction of sp³-hybridized carbons (Fsp3) is 0. The highest BCUT2D eigenvalue weighted by Crippen LogP contribution is 2.59. The molecule has 8 aromatic carbocycles. The molecule has 0 N–H and O–H groups in total. The van der Waals surface area contributed by atoms with E-state index in [2.05, 4.69) is 203 Å². The smallest absolute Gasteiger partial charge is 0.0788 e. The lowest BCUT2D eigenvalue weighted by Gasteiger charge is -2.42. The Morgan fingerprint density at radius 2 is 0.617 bits per heavy atom. The van der Waals surface area contributed by atoms with Crippen molar-refractivity contribution in [1.82, 2.24) is 0 Å². The lowest BCUT2D eigenvalue weighted by Crippen LogP contribution is -2.24. The summed E-state index contributed by atoms with van der Waals surface area (Å²) in [4.78, 5) is 7.21. The van der Waals surface area contributed by atoms with Crippen LogP contribution in [0.5, 0.6) is 0 Å². The molecule has 8 aromatic rings. The van der Waals surface area contributed by atoms with Crippen molar-refractivity contribution < 1.29 is 0 Å². The van der Waals surface area contributed by atoms with E-state index in [0.717, 1.165) is 39.8 Å². The zero-order valence-corrected chi connectivity index (χ0v) is 25.7. The maximum absolute atomic E-state index is 2.46. The highest BCUT2D eigenvalue weighted by molar-refractivity contribution is 6.25. The van der Waals surface area contributed by atoms with Gasteiger partial charge in [0.1, 0.15) is 0 Å². The van der Waals surface area contributed by atoms with Crippen LogP contribution < -0.4 is 14.7 Å². The van der Waals surface area contributed by atoms with E-state index in [1.54, 1.807) is 0 Å². The van der Waals surface area contributed by atoms with Crippen molar-refractivity contribution in [2.24, 2.45) is 0 Å². The predicted molar refractivity (Wildman–Crippen MR) is 199 cm³/mol. The zero-order chi connectivity index (χ0) is 31.2. The van der Waals surface area contributed by atoms with Crippen molar-refractivity contribution in [3.05, 3.63) is 188 Å². The van der Waals surface area contributed by atoms with Crippen LogP contribution in [0.4, 0.5) is 51.2 Å². The molecule has 47 heavy (non-hydrogen) atoms. The third kappa shape index (κ3) is 4.44. The van der Waals surface area contributed by atoms with Crippen molar-refractivity contribution in [3.8, 4) is 0 Å². The van der Waals surface area contributed by atoms with Crippen LogP contribution in [-0.4, -0.2) is 0 Å². The van der Waals surface area contributed by atoms with E-state index >= 15 is 0 Å². The average Bonchev–Trinajstić information content (AvgIpc) is 3.16. The number of hydrogen-bond donors (Lipinski definition) is 0. The van der Waals surface area contributed by atoms with E-state index in [9.17, 15) is 0 Å². The fourth-order valence-corrected chi connectivity index (χ4v) is 7.11. The molecule has 0 aromatic heterocycles. The molecule has 0 radical (unpaired) electrons. The Kier molecular flexibility index (Phi) is 6.46. The first-order valence-electron chi connectivity index (χ1n) is 16.0. The second-order valence-electron chi connectivity index (χ2n) is 11.8. The second-order valence-corrected chi connectivity index (χ2v) is 11.8. The van der Waals surface area contributed by atoms with Gasteiger partial charge < -0.3 is 14.7 Å². The van der Waals surface area contributed by atoms with Crippen molar-refractivity contribution in [2.75, 3.05) is 14.7 Å². The normalized spacial score (nSPS) is 12.2. The highest BCUT2D eigenvalue weighted by Gasteiger charge is 2.33.